The van der Waals surface area contributed by atoms with Crippen molar-refractivity contribution in [3.63, 3.8) is 0 Å². The molecular formula is C25H34N2O3S. The van der Waals surface area contributed by atoms with Gasteiger partial charge >= 0.3 is 0 Å². The number of thiophene rings is 1. The van der Waals surface area contributed by atoms with E-state index in [2.05, 4.69) is 43.4 Å². The lowest BCUT2D eigenvalue weighted by molar-refractivity contribution is -0.122. The number of amides is 2. The standard InChI is InChI=1S/C25H34N2O3S/c1-17(2)15-22(28)26-16-18-7-9-19(10-8-18)23-20-5-3-4-6-21(20)31-24(23)25(29)27-11-13-30-14-12-27/h3-6,17-19H,7-16H2,1-2H3,(H,26,28). The first-order chi connectivity index (χ1) is 15.0. The molecule has 0 bridgehead atoms. The van der Waals surface area contributed by atoms with Gasteiger partial charge in [0.1, 0.15) is 0 Å². The minimum atomic E-state index is 0.166. The van der Waals surface area contributed by atoms with Crippen LogP contribution >= 0.6 is 11.3 Å². The van der Waals surface area contributed by atoms with Gasteiger partial charge in [0.15, 0.2) is 0 Å². The number of morpholine rings is 1. The molecule has 31 heavy (non-hydrogen) atoms. The molecule has 2 amide bonds. The number of benzene rings is 1. The van der Waals surface area contributed by atoms with Gasteiger partial charge in [-0.05, 0) is 60.5 Å². The third kappa shape index (κ3) is 5.29. The van der Waals surface area contributed by atoms with Crippen molar-refractivity contribution >= 4 is 33.2 Å². The second-order valence-corrected chi connectivity index (χ2v) is 10.4. The van der Waals surface area contributed by atoms with E-state index in [0.29, 0.717) is 50.5 Å². The summed E-state index contributed by atoms with van der Waals surface area (Å²) in [5.41, 5.74) is 1.26. The zero-order chi connectivity index (χ0) is 21.8. The number of hydrogen-bond donors (Lipinski definition) is 1. The molecule has 168 valence electrons. The first kappa shape index (κ1) is 22.3. The number of ether oxygens (including phenoxy) is 1. The van der Waals surface area contributed by atoms with Crippen LogP contribution in [0.3, 0.4) is 0 Å². The first-order valence-corrected chi connectivity index (χ1v) is 12.5. The Balaban J connectivity index is 1.47. The largest absolute Gasteiger partial charge is 0.378 e. The summed E-state index contributed by atoms with van der Waals surface area (Å²) in [5.74, 6) is 1.68. The van der Waals surface area contributed by atoms with Crippen LogP contribution in [0.4, 0.5) is 0 Å². The Morgan fingerprint density at radius 3 is 2.55 bits per heavy atom. The van der Waals surface area contributed by atoms with Crippen LogP contribution in [-0.4, -0.2) is 49.6 Å². The molecular weight excluding hydrogens is 408 g/mol. The second kappa shape index (κ2) is 10.1. The highest BCUT2D eigenvalue weighted by Gasteiger charge is 2.31. The Hall–Kier alpha value is -1.92. The molecule has 1 saturated carbocycles. The Labute approximate surface area is 189 Å². The van der Waals surface area contributed by atoms with Gasteiger partial charge in [-0.1, -0.05) is 32.0 Å². The molecule has 0 spiro atoms. The van der Waals surface area contributed by atoms with Crippen LogP contribution in [0, 0.1) is 11.8 Å². The fourth-order valence-electron chi connectivity index (χ4n) is 4.90. The maximum Gasteiger partial charge on any atom is 0.264 e. The van der Waals surface area contributed by atoms with Crippen molar-refractivity contribution in [2.45, 2.75) is 51.9 Å². The molecule has 1 aliphatic heterocycles. The molecule has 2 heterocycles. The molecule has 1 aliphatic carbocycles. The summed E-state index contributed by atoms with van der Waals surface area (Å²) < 4.78 is 6.65. The molecule has 1 saturated heterocycles. The summed E-state index contributed by atoms with van der Waals surface area (Å²) in [6.07, 6.45) is 4.96. The Bertz CT molecular complexity index is 909. The number of carbonyl (C=O) groups is 2. The number of nitrogens with zero attached hydrogens (tertiary/aromatic N) is 1. The average molecular weight is 443 g/mol. The van der Waals surface area contributed by atoms with Crippen LogP contribution in [0.2, 0.25) is 0 Å². The van der Waals surface area contributed by atoms with Crippen LogP contribution in [0.5, 0.6) is 0 Å². The lowest BCUT2D eigenvalue weighted by Gasteiger charge is -2.31. The molecule has 2 fully saturated rings. The van der Waals surface area contributed by atoms with Crippen LogP contribution in [-0.2, 0) is 9.53 Å². The van der Waals surface area contributed by atoms with Crippen molar-refractivity contribution in [1.82, 2.24) is 10.2 Å². The second-order valence-electron chi connectivity index (χ2n) is 9.37. The van der Waals surface area contributed by atoms with Gasteiger partial charge in [-0.15, -0.1) is 11.3 Å². The van der Waals surface area contributed by atoms with Gasteiger partial charge in [-0.2, -0.15) is 0 Å². The highest BCUT2D eigenvalue weighted by atomic mass is 32.1. The molecule has 5 nitrogen and oxygen atoms in total. The monoisotopic (exact) mass is 442 g/mol. The minimum Gasteiger partial charge on any atom is -0.378 e. The van der Waals surface area contributed by atoms with Crippen LogP contribution in [0.25, 0.3) is 10.1 Å². The Morgan fingerprint density at radius 2 is 1.84 bits per heavy atom. The molecule has 2 aromatic rings. The smallest absolute Gasteiger partial charge is 0.264 e. The van der Waals surface area contributed by atoms with Gasteiger partial charge in [0.2, 0.25) is 5.91 Å². The number of hydrogen-bond acceptors (Lipinski definition) is 4. The highest BCUT2D eigenvalue weighted by molar-refractivity contribution is 7.21. The fraction of sp³-hybridized carbons (Fsp3) is 0.600. The zero-order valence-electron chi connectivity index (χ0n) is 18.7. The Kier molecular flexibility index (Phi) is 7.28. The van der Waals surface area contributed by atoms with E-state index in [1.807, 2.05) is 4.90 Å². The predicted octanol–water partition coefficient (Wildman–Crippen LogP) is 4.81. The van der Waals surface area contributed by atoms with E-state index in [1.54, 1.807) is 11.3 Å². The maximum absolute atomic E-state index is 13.4. The van der Waals surface area contributed by atoms with E-state index in [-0.39, 0.29) is 11.8 Å². The molecule has 1 aromatic heterocycles. The van der Waals surface area contributed by atoms with Gasteiger partial charge < -0.3 is 15.0 Å². The van der Waals surface area contributed by atoms with Gasteiger partial charge in [0.05, 0.1) is 18.1 Å². The van der Waals surface area contributed by atoms with Crippen molar-refractivity contribution in [3.8, 4) is 0 Å². The average Bonchev–Trinajstić information content (AvgIpc) is 3.17. The zero-order valence-corrected chi connectivity index (χ0v) is 19.5. The number of carbonyl (C=O) groups excluding carboxylic acids is 2. The maximum atomic E-state index is 13.4. The van der Waals surface area contributed by atoms with Crippen molar-refractivity contribution in [2.24, 2.45) is 11.8 Å². The molecule has 0 radical (unpaired) electrons. The van der Waals surface area contributed by atoms with Crippen LogP contribution < -0.4 is 5.32 Å². The lowest BCUT2D eigenvalue weighted by atomic mass is 9.77. The van der Waals surface area contributed by atoms with E-state index in [9.17, 15) is 9.59 Å². The van der Waals surface area contributed by atoms with E-state index in [4.69, 9.17) is 4.74 Å². The van der Waals surface area contributed by atoms with E-state index in [0.717, 1.165) is 37.1 Å². The summed E-state index contributed by atoms with van der Waals surface area (Å²) in [6, 6.07) is 8.45. The van der Waals surface area contributed by atoms with Crippen LogP contribution in [0.15, 0.2) is 24.3 Å². The molecule has 2 aliphatic rings. The molecule has 0 atom stereocenters. The van der Waals surface area contributed by atoms with E-state index in [1.165, 1.54) is 15.6 Å². The Morgan fingerprint density at radius 1 is 1.13 bits per heavy atom. The lowest BCUT2D eigenvalue weighted by Crippen LogP contribution is -2.40. The summed E-state index contributed by atoms with van der Waals surface area (Å²) >= 11 is 1.65. The SMILES string of the molecule is CC(C)CC(=O)NCC1CCC(c2c(C(=O)N3CCOCC3)sc3ccccc23)CC1. The van der Waals surface area contributed by atoms with Gasteiger partial charge in [-0.3, -0.25) is 9.59 Å². The number of fused-ring (bicyclic) bond motifs is 1. The van der Waals surface area contributed by atoms with E-state index >= 15 is 0 Å². The van der Waals surface area contributed by atoms with Gasteiger partial charge in [-0.25, -0.2) is 0 Å². The highest BCUT2D eigenvalue weighted by Crippen LogP contribution is 2.44. The third-order valence-electron chi connectivity index (χ3n) is 6.56. The quantitative estimate of drug-likeness (QED) is 0.698. The van der Waals surface area contributed by atoms with Gasteiger partial charge in [0, 0.05) is 30.8 Å². The summed E-state index contributed by atoms with van der Waals surface area (Å²) in [4.78, 5) is 28.3. The first-order valence-electron chi connectivity index (χ1n) is 11.7. The molecule has 1 N–H and O–H groups in total. The molecule has 6 heteroatoms. The summed E-state index contributed by atoms with van der Waals surface area (Å²) in [5, 5.41) is 4.37. The van der Waals surface area contributed by atoms with Crippen LogP contribution in [0.1, 0.15) is 67.1 Å². The van der Waals surface area contributed by atoms with Crippen molar-refractivity contribution in [3.05, 3.63) is 34.7 Å². The van der Waals surface area contributed by atoms with Crippen molar-refractivity contribution in [2.75, 3.05) is 32.8 Å². The number of nitrogens with one attached hydrogen (secondary N) is 1. The van der Waals surface area contributed by atoms with Crippen molar-refractivity contribution < 1.29 is 14.3 Å². The summed E-state index contributed by atoms with van der Waals surface area (Å²) in [7, 11) is 0. The van der Waals surface area contributed by atoms with Gasteiger partial charge in [0.25, 0.3) is 5.91 Å². The molecule has 4 rings (SSSR count). The fourth-order valence-corrected chi connectivity index (χ4v) is 6.15. The normalized spacial score (nSPS) is 22.1. The predicted molar refractivity (Wildman–Crippen MR) is 126 cm³/mol. The molecule has 1 aromatic carbocycles. The topological polar surface area (TPSA) is 58.6 Å². The minimum absolute atomic E-state index is 0.166. The van der Waals surface area contributed by atoms with E-state index < -0.39 is 0 Å². The molecule has 0 unspecified atom stereocenters. The number of rotatable bonds is 6. The summed E-state index contributed by atoms with van der Waals surface area (Å²) in [6.45, 7) is 7.53. The van der Waals surface area contributed by atoms with Crippen molar-refractivity contribution in [1.29, 1.82) is 0 Å². The third-order valence-corrected chi connectivity index (χ3v) is 7.74.